The molecule has 0 saturated heterocycles. The van der Waals surface area contributed by atoms with Crippen LogP contribution in [0.25, 0.3) is 0 Å². The molecule has 0 aromatic rings. The molecule has 0 aromatic carbocycles. The second kappa shape index (κ2) is 14.4. The normalized spacial score (nSPS) is 19.2. The summed E-state index contributed by atoms with van der Waals surface area (Å²) in [4.78, 5) is 25.9. The van der Waals surface area contributed by atoms with Gasteiger partial charge in [0, 0.05) is 112 Å². The Hall–Kier alpha value is 2.08. The standard InChI is InChI=1S/C6H8O6.2K.O5P2/c7-1-2(8)5-3(9)4(10)6(11)12-5;;;1-6(2)5-7(3)4/h2,5,7-10H,1H2;;;/p+2/t2-,5+;;;/m0.../s1. The number of carbonyl (C=O) groups excluding carboxylic acids is 1. The van der Waals surface area contributed by atoms with E-state index >= 15 is 0 Å². The van der Waals surface area contributed by atoms with Crippen molar-refractivity contribution in [1.29, 1.82) is 0 Å². The van der Waals surface area contributed by atoms with Gasteiger partial charge in [-0.25, -0.2) is 4.79 Å². The van der Waals surface area contributed by atoms with Crippen molar-refractivity contribution in [2.24, 2.45) is 0 Å². The van der Waals surface area contributed by atoms with Gasteiger partial charge in [0.1, 0.15) is 6.10 Å². The third-order valence-electron chi connectivity index (χ3n) is 1.62. The zero-order chi connectivity index (χ0) is 15.2. The Balaban J connectivity index is -0.000000317. The molecule has 1 aliphatic heterocycles. The maximum atomic E-state index is 10.5. The Labute approximate surface area is 205 Å². The van der Waals surface area contributed by atoms with Crippen LogP contribution in [0.1, 0.15) is 0 Å². The van der Waals surface area contributed by atoms with E-state index in [1.165, 1.54) is 0 Å². The van der Waals surface area contributed by atoms with E-state index in [9.17, 15) is 13.9 Å². The van der Waals surface area contributed by atoms with Gasteiger partial charge >= 0.3 is 22.5 Å². The fourth-order valence-electron chi connectivity index (χ4n) is 0.883. The minimum Gasteiger partial charge on any atom is -0.505 e. The van der Waals surface area contributed by atoms with Crippen LogP contribution in [-0.4, -0.2) is 158 Å². The molecule has 21 heavy (non-hydrogen) atoms. The number of hydrogen-bond acceptors (Lipinski definition) is 9. The summed E-state index contributed by atoms with van der Waals surface area (Å²) in [7, 11) is -5.85. The Morgan fingerprint density at radius 3 is 1.81 bits per heavy atom. The molecule has 6 N–H and O–H groups in total. The average Bonchev–Trinajstić information content (AvgIpc) is 2.55. The van der Waals surface area contributed by atoms with Crippen molar-refractivity contribution >= 4 is 125 Å². The van der Waals surface area contributed by atoms with Gasteiger partial charge in [-0.3, -0.25) is 0 Å². The van der Waals surface area contributed by atoms with Crippen molar-refractivity contribution in [3.63, 3.8) is 0 Å². The van der Waals surface area contributed by atoms with Crippen LogP contribution in [0, 0.1) is 0 Å². The van der Waals surface area contributed by atoms with Gasteiger partial charge in [0.2, 0.25) is 5.76 Å². The largest absolute Gasteiger partial charge is 0.745 e. The van der Waals surface area contributed by atoms with Gasteiger partial charge in [-0.1, -0.05) is 0 Å². The van der Waals surface area contributed by atoms with Crippen LogP contribution in [0.15, 0.2) is 11.5 Å². The molecule has 2 radical (unpaired) electrons. The van der Waals surface area contributed by atoms with E-state index in [-0.39, 0.29) is 103 Å². The second-order valence-electron chi connectivity index (χ2n) is 2.87. The van der Waals surface area contributed by atoms with Crippen LogP contribution >= 0.6 is 16.5 Å². The Bertz CT molecular complexity index is 402. The zero-order valence-corrected chi connectivity index (χ0v) is 19.0. The monoisotopic (exact) mass is 398 g/mol. The van der Waals surface area contributed by atoms with Crippen LogP contribution in [0.2, 0.25) is 0 Å². The molecule has 0 spiro atoms. The van der Waals surface area contributed by atoms with Gasteiger partial charge in [-0.2, -0.15) is 0 Å². The van der Waals surface area contributed by atoms with E-state index in [2.05, 4.69) is 9.05 Å². The van der Waals surface area contributed by atoms with Crippen molar-refractivity contribution < 1.29 is 53.2 Å². The average molecular weight is 398 g/mol. The third-order valence-corrected chi connectivity index (χ3v) is 2.73. The van der Waals surface area contributed by atoms with Crippen LogP contribution in [0.4, 0.5) is 0 Å². The number of aliphatic hydroxyl groups is 4. The number of rotatable bonds is 4. The van der Waals surface area contributed by atoms with Gasteiger partial charge in [0.25, 0.3) is 0 Å². The molecule has 0 aliphatic carbocycles. The summed E-state index contributed by atoms with van der Waals surface area (Å²) in [5.41, 5.74) is 0. The van der Waals surface area contributed by atoms with E-state index < -0.39 is 52.8 Å². The second-order valence-corrected chi connectivity index (χ2v) is 4.47. The molecule has 15 heteroatoms. The van der Waals surface area contributed by atoms with E-state index in [4.69, 9.17) is 30.2 Å². The van der Waals surface area contributed by atoms with Crippen molar-refractivity contribution in [3.8, 4) is 0 Å². The Morgan fingerprint density at radius 1 is 1.19 bits per heavy atom. The van der Waals surface area contributed by atoms with Gasteiger partial charge in [-0.05, 0) is 0 Å². The predicted molar refractivity (Wildman–Crippen MR) is 67.5 cm³/mol. The van der Waals surface area contributed by atoms with Gasteiger partial charge in [-0.15, -0.1) is 9.79 Å². The first-order valence-electron chi connectivity index (χ1n) is 4.33. The molecule has 0 aromatic heterocycles. The fraction of sp³-hybridized carbons (Fsp3) is 0.500. The van der Waals surface area contributed by atoms with Crippen LogP contribution < -0.4 is 0 Å². The van der Waals surface area contributed by atoms with E-state index in [0.717, 1.165) is 0 Å². The maximum absolute atomic E-state index is 10.5. The zero-order valence-electron chi connectivity index (χ0n) is 11.0. The first-order valence-corrected chi connectivity index (χ1v) is 6.59. The van der Waals surface area contributed by atoms with Crippen LogP contribution in [0.3, 0.4) is 0 Å². The summed E-state index contributed by atoms with van der Waals surface area (Å²) in [5.74, 6) is -2.78. The predicted octanol–water partition coefficient (Wildman–Crippen LogP) is -1.87. The molecular formula is C6H10K2O11P2+2. The molecule has 4 atom stereocenters. The summed E-state index contributed by atoms with van der Waals surface area (Å²) < 4.78 is 26.5. The molecule has 11 nitrogen and oxygen atoms in total. The maximum Gasteiger partial charge on any atom is 0.745 e. The summed E-state index contributed by atoms with van der Waals surface area (Å²) in [6, 6.07) is 0. The van der Waals surface area contributed by atoms with Gasteiger partial charge in [0.15, 0.2) is 16.2 Å². The van der Waals surface area contributed by atoms with E-state index in [1.807, 2.05) is 0 Å². The van der Waals surface area contributed by atoms with E-state index in [0.29, 0.717) is 0 Å². The third kappa shape index (κ3) is 11.3. The topological polar surface area (TPSA) is 191 Å². The van der Waals surface area contributed by atoms with E-state index in [1.54, 1.807) is 0 Å². The van der Waals surface area contributed by atoms with Crippen molar-refractivity contribution in [3.05, 3.63) is 11.5 Å². The summed E-state index contributed by atoms with van der Waals surface area (Å²) in [6.07, 6.45) is -2.78. The molecule has 0 fully saturated rings. The molecule has 0 bridgehead atoms. The quantitative estimate of drug-likeness (QED) is 0.177. The number of ether oxygens (including phenoxy) is 1. The molecule has 1 aliphatic rings. The molecule has 1 heterocycles. The Morgan fingerprint density at radius 2 is 1.62 bits per heavy atom. The minimum absolute atomic E-state index is 0. The number of aliphatic hydroxyl groups excluding tert-OH is 4. The summed E-state index contributed by atoms with van der Waals surface area (Å²) >= 11 is 0. The first-order chi connectivity index (χ1) is 8.70. The molecular weight excluding hydrogens is 388 g/mol. The molecule has 0 amide bonds. The van der Waals surface area contributed by atoms with Gasteiger partial charge in [0.05, 0.1) is 6.61 Å². The number of esters is 1. The first kappa shape index (κ1) is 27.9. The number of hydrogen-bond donors (Lipinski definition) is 6. The summed E-state index contributed by atoms with van der Waals surface area (Å²) in [5, 5.41) is 35.0. The molecule has 110 valence electrons. The van der Waals surface area contributed by atoms with Crippen molar-refractivity contribution in [1.82, 2.24) is 0 Å². The SMILES string of the molecule is O=C1O[C@H]([C@@H](O)CO)C(O)=C1O.O=[P+](O)O[P+](=O)O.[K].[K]. The van der Waals surface area contributed by atoms with Gasteiger partial charge < -0.3 is 25.2 Å². The fourth-order valence-corrected chi connectivity index (χ4v) is 1.36. The molecule has 1 rings (SSSR count). The van der Waals surface area contributed by atoms with Crippen LogP contribution in [-0.2, 0) is 23.0 Å². The number of carbonyl (C=O) groups is 1. The minimum atomic E-state index is -2.92. The smallest absolute Gasteiger partial charge is 0.505 e. The van der Waals surface area contributed by atoms with Crippen molar-refractivity contribution in [2.75, 3.05) is 6.61 Å². The number of cyclic esters (lactones) is 1. The molecule has 0 saturated carbocycles. The Kier molecular flexibility index (Phi) is 19.2. The summed E-state index contributed by atoms with van der Waals surface area (Å²) in [6.45, 7) is -0.671. The van der Waals surface area contributed by atoms with Crippen molar-refractivity contribution in [2.45, 2.75) is 12.2 Å². The van der Waals surface area contributed by atoms with Crippen LogP contribution in [0.5, 0.6) is 0 Å². The molecule has 2 unspecified atom stereocenters.